The number of carbonyl (C=O) groups is 2. The Bertz CT molecular complexity index is 1730. The van der Waals surface area contributed by atoms with E-state index in [0.29, 0.717) is 31.3 Å². The van der Waals surface area contributed by atoms with Gasteiger partial charge >= 0.3 is 0 Å². The van der Waals surface area contributed by atoms with Gasteiger partial charge in [-0.05, 0) is 83.5 Å². The van der Waals surface area contributed by atoms with Gasteiger partial charge in [0.2, 0.25) is 11.8 Å². The Morgan fingerprint density at radius 1 is 1.05 bits per heavy atom. The van der Waals surface area contributed by atoms with Crippen LogP contribution in [0.3, 0.4) is 0 Å². The molecule has 0 bridgehead atoms. The minimum Gasteiger partial charge on any atom is -0.507 e. The Labute approximate surface area is 260 Å². The van der Waals surface area contributed by atoms with Crippen LogP contribution < -0.4 is 0 Å². The average Bonchev–Trinajstić information content (AvgIpc) is 3.66. The van der Waals surface area contributed by atoms with E-state index in [4.69, 9.17) is 0 Å². The van der Waals surface area contributed by atoms with E-state index in [2.05, 4.69) is 4.98 Å². The molecule has 6 rings (SSSR count). The number of benzene rings is 2. The van der Waals surface area contributed by atoms with Crippen molar-refractivity contribution < 1.29 is 24.9 Å². The van der Waals surface area contributed by atoms with Gasteiger partial charge in [0.25, 0.3) is 0 Å². The summed E-state index contributed by atoms with van der Waals surface area (Å²) in [4.78, 5) is 34.0. The second kappa shape index (κ2) is 12.9. The molecule has 0 saturated carbocycles. The zero-order valence-corrected chi connectivity index (χ0v) is 25.4. The fraction of sp³-hybridized carbons (Fsp3) is 0.306. The maximum atomic E-state index is 13.7. The lowest BCUT2D eigenvalue weighted by Crippen LogP contribution is -2.39. The highest BCUT2D eigenvalue weighted by molar-refractivity contribution is 7.09. The third-order valence-corrected chi connectivity index (χ3v) is 9.96. The first-order valence-electron chi connectivity index (χ1n) is 15.1. The first kappa shape index (κ1) is 29.9. The largest absolute Gasteiger partial charge is 0.507 e. The lowest BCUT2D eigenvalue weighted by Gasteiger charge is -2.36. The molecule has 3 heterocycles. The molecule has 2 aromatic heterocycles. The summed E-state index contributed by atoms with van der Waals surface area (Å²) < 4.78 is 0. The van der Waals surface area contributed by atoms with Crippen molar-refractivity contribution in [3.05, 3.63) is 106 Å². The quantitative estimate of drug-likeness (QED) is 0.146. The fourth-order valence-corrected chi connectivity index (χ4v) is 7.66. The van der Waals surface area contributed by atoms with Gasteiger partial charge in [-0.15, -0.1) is 11.3 Å². The topological polar surface area (TPSA) is 111 Å². The molecule has 1 fully saturated rings. The predicted molar refractivity (Wildman–Crippen MR) is 172 cm³/mol. The summed E-state index contributed by atoms with van der Waals surface area (Å²) in [6, 6.07) is 20.8. The average molecular weight is 609 g/mol. The molecule has 3 N–H and O–H groups in total. The number of phenols is 1. The molecule has 0 radical (unpaired) electrons. The number of nitrogens with zero attached hydrogens (tertiary/aromatic N) is 2. The van der Waals surface area contributed by atoms with Crippen LogP contribution in [0.15, 0.2) is 89.5 Å². The lowest BCUT2D eigenvalue weighted by atomic mass is 9.67. The standard InChI is InChI=1S/C36H36N2O5S/c1-2-22-19-28-34(36(43)38(35(28)42)20-25-8-7-17-44-25)29(21-39)33(22)32(41)15-13-24(30-11-5-6-16-37-30)18-23-12-14-31(40)27-10-4-3-9-26(23)27/h3-12,14,16-18,28-29,32,34,39-41H,2,13,15,19-21H2,1H3/b24-18-/t28-,29+,32-,34-/m1/s1. The van der Waals surface area contributed by atoms with E-state index in [-0.39, 0.29) is 30.7 Å². The van der Waals surface area contributed by atoms with Gasteiger partial charge in [-0.25, -0.2) is 0 Å². The Kier molecular flexibility index (Phi) is 8.75. The van der Waals surface area contributed by atoms with Crippen molar-refractivity contribution in [3.8, 4) is 5.75 Å². The molecular formula is C36H36N2O5S. The number of imide groups is 1. The summed E-state index contributed by atoms with van der Waals surface area (Å²) in [7, 11) is 0. The molecule has 7 nitrogen and oxygen atoms in total. The van der Waals surface area contributed by atoms with E-state index in [1.807, 2.05) is 79.0 Å². The second-order valence-electron chi connectivity index (χ2n) is 11.5. The number of aliphatic hydroxyl groups excluding tert-OH is 2. The number of hydrogen-bond donors (Lipinski definition) is 3. The molecule has 2 amide bonds. The van der Waals surface area contributed by atoms with Gasteiger partial charge in [0, 0.05) is 22.4 Å². The number of aromatic hydroxyl groups is 1. The smallest absolute Gasteiger partial charge is 0.234 e. The van der Waals surface area contributed by atoms with Crippen molar-refractivity contribution in [2.75, 3.05) is 6.61 Å². The van der Waals surface area contributed by atoms with Gasteiger partial charge < -0.3 is 15.3 Å². The number of carbonyl (C=O) groups excluding carboxylic acids is 2. The molecule has 2 aliphatic rings. The van der Waals surface area contributed by atoms with Crippen molar-refractivity contribution in [2.24, 2.45) is 17.8 Å². The molecule has 1 aliphatic carbocycles. The van der Waals surface area contributed by atoms with Crippen molar-refractivity contribution >= 4 is 45.6 Å². The number of phenolic OH excluding ortho intramolecular Hbond substituents is 1. The molecule has 226 valence electrons. The van der Waals surface area contributed by atoms with Crippen LogP contribution in [0, 0.1) is 17.8 Å². The van der Waals surface area contributed by atoms with Crippen LogP contribution in [0.25, 0.3) is 22.4 Å². The summed E-state index contributed by atoms with van der Waals surface area (Å²) in [6.45, 7) is 1.92. The molecular weight excluding hydrogens is 572 g/mol. The summed E-state index contributed by atoms with van der Waals surface area (Å²) in [5, 5.41) is 36.4. The van der Waals surface area contributed by atoms with E-state index in [0.717, 1.165) is 38.1 Å². The van der Waals surface area contributed by atoms with Crippen LogP contribution >= 0.6 is 11.3 Å². The lowest BCUT2D eigenvalue weighted by molar-refractivity contribution is -0.140. The number of thiophene rings is 1. The number of amides is 2. The van der Waals surface area contributed by atoms with Gasteiger partial charge in [-0.3, -0.25) is 19.5 Å². The van der Waals surface area contributed by atoms with E-state index >= 15 is 0 Å². The Morgan fingerprint density at radius 2 is 1.84 bits per heavy atom. The van der Waals surface area contributed by atoms with Gasteiger partial charge in [-0.1, -0.05) is 55.0 Å². The van der Waals surface area contributed by atoms with Gasteiger partial charge in [-0.2, -0.15) is 0 Å². The number of likely N-dealkylation sites (tertiary alicyclic amines) is 1. The normalized spacial score (nSPS) is 21.3. The van der Waals surface area contributed by atoms with E-state index in [1.165, 1.54) is 16.2 Å². The molecule has 44 heavy (non-hydrogen) atoms. The molecule has 2 aromatic carbocycles. The first-order valence-corrected chi connectivity index (χ1v) is 16.0. The SMILES string of the molecule is CCC1=C([C@H](O)CC/C(=C/c2ccc(O)c3ccccc23)c2ccccn2)[C@H](CO)[C@@H]2C(=O)N(Cc3cccs3)C(=O)[C@@H]2C1. The summed E-state index contributed by atoms with van der Waals surface area (Å²) >= 11 is 1.50. The van der Waals surface area contributed by atoms with Gasteiger partial charge in [0.1, 0.15) is 5.75 Å². The zero-order chi connectivity index (χ0) is 30.8. The summed E-state index contributed by atoms with van der Waals surface area (Å²) in [6.07, 6.45) is 4.76. The number of pyridine rings is 1. The van der Waals surface area contributed by atoms with Gasteiger partial charge in [0.05, 0.1) is 36.8 Å². The number of aromatic nitrogens is 1. The first-order chi connectivity index (χ1) is 21.4. The minimum absolute atomic E-state index is 0.187. The van der Waals surface area contributed by atoms with E-state index < -0.39 is 23.9 Å². The zero-order valence-electron chi connectivity index (χ0n) is 24.6. The highest BCUT2D eigenvalue weighted by Gasteiger charge is 2.54. The fourth-order valence-electron chi connectivity index (χ4n) is 6.97. The molecule has 1 aliphatic heterocycles. The summed E-state index contributed by atoms with van der Waals surface area (Å²) in [5.74, 6) is -2.05. The number of allylic oxidation sites excluding steroid dienone is 2. The molecule has 0 unspecified atom stereocenters. The molecule has 4 aromatic rings. The summed E-state index contributed by atoms with van der Waals surface area (Å²) in [5.41, 5.74) is 4.28. The number of hydrogen-bond acceptors (Lipinski definition) is 7. The molecule has 0 spiro atoms. The van der Waals surface area contributed by atoms with Crippen molar-refractivity contribution in [2.45, 2.75) is 45.3 Å². The Morgan fingerprint density at radius 3 is 2.55 bits per heavy atom. The molecule has 8 heteroatoms. The van der Waals surface area contributed by atoms with Crippen LogP contribution in [-0.2, 0) is 16.1 Å². The number of aliphatic hydroxyl groups is 2. The third kappa shape index (κ3) is 5.61. The van der Waals surface area contributed by atoms with Crippen LogP contribution in [0.5, 0.6) is 5.75 Å². The third-order valence-electron chi connectivity index (χ3n) is 9.10. The van der Waals surface area contributed by atoms with Crippen LogP contribution in [0.2, 0.25) is 0 Å². The van der Waals surface area contributed by atoms with Crippen molar-refractivity contribution in [1.29, 1.82) is 0 Å². The second-order valence-corrected chi connectivity index (χ2v) is 12.6. The minimum atomic E-state index is -0.902. The highest BCUT2D eigenvalue weighted by Crippen LogP contribution is 2.47. The van der Waals surface area contributed by atoms with E-state index in [1.54, 1.807) is 12.3 Å². The maximum absolute atomic E-state index is 13.7. The number of rotatable bonds is 10. The van der Waals surface area contributed by atoms with Crippen LogP contribution in [-0.4, -0.2) is 49.7 Å². The van der Waals surface area contributed by atoms with Crippen LogP contribution in [0.4, 0.5) is 0 Å². The molecule has 1 saturated heterocycles. The Balaban J connectivity index is 1.29. The predicted octanol–water partition coefficient (Wildman–Crippen LogP) is 6.20. The highest BCUT2D eigenvalue weighted by atomic mass is 32.1. The monoisotopic (exact) mass is 608 g/mol. The van der Waals surface area contributed by atoms with Crippen LogP contribution in [0.1, 0.15) is 48.7 Å². The van der Waals surface area contributed by atoms with Crippen molar-refractivity contribution in [3.63, 3.8) is 0 Å². The Hall–Kier alpha value is -4.11. The van der Waals surface area contributed by atoms with E-state index in [9.17, 15) is 24.9 Å². The number of fused-ring (bicyclic) bond motifs is 2. The van der Waals surface area contributed by atoms with Gasteiger partial charge in [0.15, 0.2) is 0 Å². The maximum Gasteiger partial charge on any atom is 0.234 e. The molecule has 4 atom stereocenters. The van der Waals surface area contributed by atoms with Crippen molar-refractivity contribution in [1.82, 2.24) is 9.88 Å².